The van der Waals surface area contributed by atoms with Crippen molar-refractivity contribution in [3.05, 3.63) is 24.0 Å². The topological polar surface area (TPSA) is 78.8 Å². The number of carbonyl (C=O) groups excluding carboxylic acids is 1. The van der Waals surface area contributed by atoms with E-state index in [0.717, 1.165) is 6.07 Å². The van der Waals surface area contributed by atoms with Crippen LogP contribution in [-0.4, -0.2) is 34.4 Å². The Morgan fingerprint density at radius 3 is 2.38 bits per heavy atom. The van der Waals surface area contributed by atoms with Gasteiger partial charge in [0, 0.05) is 18.1 Å². The molecule has 1 amide bonds. The SMILES string of the molecule is CC(=O)Nc1ccc(F)cc1B(O)OC(C)(C)C(C)(C)O. The highest BCUT2D eigenvalue weighted by molar-refractivity contribution is 6.62. The van der Waals surface area contributed by atoms with Crippen LogP contribution in [0.2, 0.25) is 0 Å². The summed E-state index contributed by atoms with van der Waals surface area (Å²) in [7, 11) is -1.50. The smallest absolute Gasteiger partial charge is 0.423 e. The van der Waals surface area contributed by atoms with Gasteiger partial charge in [0.15, 0.2) is 0 Å². The molecule has 1 aromatic rings. The number of anilines is 1. The summed E-state index contributed by atoms with van der Waals surface area (Å²) in [6, 6.07) is 3.59. The number of hydrogen-bond donors (Lipinski definition) is 3. The third-order valence-electron chi connectivity index (χ3n) is 3.47. The minimum Gasteiger partial charge on any atom is -0.423 e. The van der Waals surface area contributed by atoms with Crippen LogP contribution in [0.3, 0.4) is 0 Å². The molecule has 0 aliphatic rings. The Balaban J connectivity index is 3.09. The van der Waals surface area contributed by atoms with Gasteiger partial charge in [-0.3, -0.25) is 4.79 Å². The van der Waals surface area contributed by atoms with E-state index in [1.807, 2.05) is 0 Å². The second-order valence-corrected chi connectivity index (χ2v) is 5.95. The molecule has 0 aliphatic carbocycles. The molecule has 0 fully saturated rings. The molecule has 0 saturated heterocycles. The molecule has 3 N–H and O–H groups in total. The van der Waals surface area contributed by atoms with Gasteiger partial charge in [0.2, 0.25) is 5.91 Å². The Hall–Kier alpha value is -1.44. The number of carbonyl (C=O) groups is 1. The Morgan fingerprint density at radius 2 is 1.90 bits per heavy atom. The second-order valence-electron chi connectivity index (χ2n) is 5.95. The number of halogens is 1. The average molecular weight is 297 g/mol. The van der Waals surface area contributed by atoms with Gasteiger partial charge in [-0.1, -0.05) is 0 Å². The van der Waals surface area contributed by atoms with E-state index < -0.39 is 24.1 Å². The quantitative estimate of drug-likeness (QED) is 0.710. The standard InChI is InChI=1S/C14H21BFNO4/c1-9(18)17-12-7-6-10(16)8-11(12)15(20)21-14(4,5)13(2,3)19/h6-8,19-20H,1-5H3,(H,17,18). The molecule has 0 atom stereocenters. The van der Waals surface area contributed by atoms with E-state index in [1.54, 1.807) is 27.7 Å². The number of benzene rings is 1. The summed E-state index contributed by atoms with van der Waals surface area (Å²) in [5, 5.41) is 22.7. The molecule has 21 heavy (non-hydrogen) atoms. The van der Waals surface area contributed by atoms with Crippen molar-refractivity contribution in [2.45, 2.75) is 45.8 Å². The maximum Gasteiger partial charge on any atom is 0.493 e. The second kappa shape index (κ2) is 6.13. The normalized spacial score (nSPS) is 12.2. The van der Waals surface area contributed by atoms with Crippen LogP contribution in [0, 0.1) is 5.82 Å². The summed E-state index contributed by atoms with van der Waals surface area (Å²) in [4.78, 5) is 11.2. The molecular formula is C14H21BFNO4. The van der Waals surface area contributed by atoms with Crippen LogP contribution in [0.4, 0.5) is 10.1 Å². The molecule has 116 valence electrons. The number of aliphatic hydroxyl groups is 1. The molecule has 0 aliphatic heterocycles. The maximum atomic E-state index is 13.4. The molecule has 0 heterocycles. The monoisotopic (exact) mass is 297 g/mol. The molecule has 0 unspecified atom stereocenters. The lowest BCUT2D eigenvalue weighted by atomic mass is 9.75. The van der Waals surface area contributed by atoms with Crippen LogP contribution in [0.15, 0.2) is 18.2 Å². The molecule has 0 spiro atoms. The van der Waals surface area contributed by atoms with Crippen molar-refractivity contribution in [1.29, 1.82) is 0 Å². The van der Waals surface area contributed by atoms with E-state index in [1.165, 1.54) is 19.1 Å². The Morgan fingerprint density at radius 1 is 1.33 bits per heavy atom. The molecule has 5 nitrogen and oxygen atoms in total. The predicted molar refractivity (Wildman–Crippen MR) is 79.8 cm³/mol. The summed E-state index contributed by atoms with van der Waals surface area (Å²) in [6.07, 6.45) is 0. The fourth-order valence-electron chi connectivity index (χ4n) is 1.53. The average Bonchev–Trinajstić information content (AvgIpc) is 2.28. The number of amides is 1. The third-order valence-corrected chi connectivity index (χ3v) is 3.47. The highest BCUT2D eigenvalue weighted by Gasteiger charge is 2.40. The summed E-state index contributed by atoms with van der Waals surface area (Å²) < 4.78 is 18.8. The highest BCUT2D eigenvalue weighted by Crippen LogP contribution is 2.25. The minimum absolute atomic E-state index is 0.0857. The van der Waals surface area contributed by atoms with Gasteiger partial charge < -0.3 is 20.1 Å². The highest BCUT2D eigenvalue weighted by atomic mass is 19.1. The van der Waals surface area contributed by atoms with Gasteiger partial charge in [0.1, 0.15) is 5.82 Å². The van der Waals surface area contributed by atoms with Crippen molar-refractivity contribution in [3.8, 4) is 0 Å². The van der Waals surface area contributed by atoms with Crippen molar-refractivity contribution in [3.63, 3.8) is 0 Å². The molecule has 1 aromatic carbocycles. The van der Waals surface area contributed by atoms with Crippen molar-refractivity contribution in [1.82, 2.24) is 0 Å². The Kier molecular flexibility index (Phi) is 5.14. The Bertz CT molecular complexity index is 528. The summed E-state index contributed by atoms with van der Waals surface area (Å²) in [5.74, 6) is -0.917. The zero-order valence-corrected chi connectivity index (χ0v) is 12.9. The molecule has 0 saturated carbocycles. The largest absolute Gasteiger partial charge is 0.493 e. The zero-order chi connectivity index (χ0) is 16.4. The first-order valence-electron chi connectivity index (χ1n) is 6.59. The van der Waals surface area contributed by atoms with E-state index >= 15 is 0 Å². The van der Waals surface area contributed by atoms with Crippen molar-refractivity contribution in [2.24, 2.45) is 0 Å². The van der Waals surface area contributed by atoms with E-state index in [2.05, 4.69) is 5.32 Å². The van der Waals surface area contributed by atoms with E-state index in [9.17, 15) is 19.3 Å². The lowest BCUT2D eigenvalue weighted by molar-refractivity contribution is -0.114. The fraction of sp³-hybridized carbons (Fsp3) is 0.500. The number of hydrogen-bond acceptors (Lipinski definition) is 4. The van der Waals surface area contributed by atoms with Gasteiger partial charge in [-0.25, -0.2) is 4.39 Å². The van der Waals surface area contributed by atoms with Crippen LogP contribution in [0.25, 0.3) is 0 Å². The van der Waals surface area contributed by atoms with E-state index in [4.69, 9.17) is 4.65 Å². The Labute approximate surface area is 124 Å². The first kappa shape index (κ1) is 17.6. The number of rotatable bonds is 5. The van der Waals surface area contributed by atoms with Crippen LogP contribution in [0.5, 0.6) is 0 Å². The van der Waals surface area contributed by atoms with Crippen molar-refractivity contribution < 1.29 is 24.0 Å². The maximum absolute atomic E-state index is 13.4. The van der Waals surface area contributed by atoms with Crippen LogP contribution < -0.4 is 10.8 Å². The molecular weight excluding hydrogens is 276 g/mol. The third kappa shape index (κ3) is 4.52. The molecule has 0 radical (unpaired) electrons. The fourth-order valence-corrected chi connectivity index (χ4v) is 1.53. The van der Waals surface area contributed by atoms with Gasteiger partial charge in [0.25, 0.3) is 0 Å². The lowest BCUT2D eigenvalue weighted by Crippen LogP contribution is -2.53. The minimum atomic E-state index is -1.50. The summed E-state index contributed by atoms with van der Waals surface area (Å²) >= 11 is 0. The molecule has 7 heteroatoms. The van der Waals surface area contributed by atoms with Gasteiger partial charge >= 0.3 is 7.12 Å². The van der Waals surface area contributed by atoms with Crippen molar-refractivity contribution in [2.75, 3.05) is 5.32 Å². The van der Waals surface area contributed by atoms with Crippen LogP contribution >= 0.6 is 0 Å². The zero-order valence-electron chi connectivity index (χ0n) is 12.9. The summed E-state index contributed by atoms with van der Waals surface area (Å²) in [6.45, 7) is 7.60. The van der Waals surface area contributed by atoms with Gasteiger partial charge in [-0.05, 0) is 45.9 Å². The number of nitrogens with one attached hydrogen (secondary N) is 1. The summed E-state index contributed by atoms with van der Waals surface area (Å²) in [5.41, 5.74) is -1.98. The van der Waals surface area contributed by atoms with E-state index in [-0.39, 0.29) is 17.1 Å². The van der Waals surface area contributed by atoms with Crippen molar-refractivity contribution >= 4 is 24.2 Å². The van der Waals surface area contributed by atoms with Gasteiger partial charge in [-0.2, -0.15) is 0 Å². The predicted octanol–water partition coefficient (Wildman–Crippen LogP) is 1.04. The van der Waals surface area contributed by atoms with Gasteiger partial charge in [-0.15, -0.1) is 0 Å². The lowest BCUT2D eigenvalue weighted by Gasteiger charge is -2.38. The molecule has 1 rings (SSSR count). The van der Waals surface area contributed by atoms with E-state index in [0.29, 0.717) is 0 Å². The molecule has 0 aromatic heterocycles. The van der Waals surface area contributed by atoms with Crippen LogP contribution in [0.1, 0.15) is 34.6 Å². The van der Waals surface area contributed by atoms with Crippen LogP contribution in [-0.2, 0) is 9.45 Å². The molecule has 0 bridgehead atoms. The first-order valence-corrected chi connectivity index (χ1v) is 6.59. The van der Waals surface area contributed by atoms with Gasteiger partial charge in [0.05, 0.1) is 11.2 Å². The first-order chi connectivity index (χ1) is 9.44.